The van der Waals surface area contributed by atoms with Gasteiger partial charge in [-0.05, 0) is 63.9 Å². The highest BCUT2D eigenvalue weighted by Gasteiger charge is 2.32. The van der Waals surface area contributed by atoms with Crippen LogP contribution in [0.4, 0.5) is 5.69 Å². The second-order valence-corrected chi connectivity index (χ2v) is 11.5. The largest absolute Gasteiger partial charge is 0.352 e. The van der Waals surface area contributed by atoms with Crippen LogP contribution in [0.3, 0.4) is 0 Å². The number of hydrogen-bond donors (Lipinski definition) is 1. The van der Waals surface area contributed by atoms with Gasteiger partial charge in [0.1, 0.15) is 12.6 Å². The number of carbonyl (C=O) groups excluding carboxylic acids is 2. The molecular formula is C30H37N3O4S. The molecule has 202 valence electrons. The van der Waals surface area contributed by atoms with E-state index in [4.69, 9.17) is 0 Å². The first kappa shape index (κ1) is 28.9. The van der Waals surface area contributed by atoms with E-state index in [1.54, 1.807) is 49.4 Å². The summed E-state index contributed by atoms with van der Waals surface area (Å²) in [6.45, 7) is 9.11. The van der Waals surface area contributed by atoms with E-state index >= 15 is 0 Å². The van der Waals surface area contributed by atoms with E-state index in [2.05, 4.69) is 5.32 Å². The Morgan fingerprint density at radius 1 is 0.868 bits per heavy atom. The molecule has 2 atom stereocenters. The summed E-state index contributed by atoms with van der Waals surface area (Å²) in [5, 5.41) is 2.94. The van der Waals surface area contributed by atoms with Crippen molar-refractivity contribution in [2.45, 2.75) is 64.6 Å². The third kappa shape index (κ3) is 7.22. The van der Waals surface area contributed by atoms with Gasteiger partial charge in [-0.25, -0.2) is 8.42 Å². The van der Waals surface area contributed by atoms with Gasteiger partial charge in [-0.3, -0.25) is 13.9 Å². The summed E-state index contributed by atoms with van der Waals surface area (Å²) in [6.07, 6.45) is 0.751. The second kappa shape index (κ2) is 12.7. The number of sulfonamides is 1. The van der Waals surface area contributed by atoms with E-state index < -0.39 is 28.5 Å². The Morgan fingerprint density at radius 3 is 2.13 bits per heavy atom. The first-order valence-electron chi connectivity index (χ1n) is 12.8. The highest BCUT2D eigenvalue weighted by Crippen LogP contribution is 2.24. The van der Waals surface area contributed by atoms with E-state index in [0.717, 1.165) is 27.4 Å². The van der Waals surface area contributed by atoms with Crippen molar-refractivity contribution in [3.8, 4) is 0 Å². The number of benzene rings is 3. The molecular weight excluding hydrogens is 498 g/mol. The predicted octanol–water partition coefficient (Wildman–Crippen LogP) is 4.83. The Morgan fingerprint density at radius 2 is 1.53 bits per heavy atom. The Bertz CT molecular complexity index is 1340. The van der Waals surface area contributed by atoms with Gasteiger partial charge in [0.05, 0.1) is 10.6 Å². The molecule has 3 aromatic carbocycles. The highest BCUT2D eigenvalue weighted by atomic mass is 32.2. The minimum atomic E-state index is -4.06. The van der Waals surface area contributed by atoms with Crippen molar-refractivity contribution in [3.63, 3.8) is 0 Å². The number of carbonyl (C=O) groups is 2. The summed E-state index contributed by atoms with van der Waals surface area (Å²) >= 11 is 0. The molecule has 0 unspecified atom stereocenters. The Labute approximate surface area is 226 Å². The van der Waals surface area contributed by atoms with E-state index in [9.17, 15) is 18.0 Å². The zero-order valence-corrected chi connectivity index (χ0v) is 23.5. The van der Waals surface area contributed by atoms with E-state index in [1.165, 1.54) is 17.0 Å². The quantitative estimate of drug-likeness (QED) is 0.381. The van der Waals surface area contributed by atoms with Crippen LogP contribution < -0.4 is 9.62 Å². The summed E-state index contributed by atoms with van der Waals surface area (Å²) in [5.41, 5.74) is 3.18. The Balaban J connectivity index is 2.00. The van der Waals surface area contributed by atoms with Gasteiger partial charge >= 0.3 is 0 Å². The maximum Gasteiger partial charge on any atom is 0.264 e. The number of aryl methyl sites for hydroxylation is 2. The molecule has 0 fully saturated rings. The first-order valence-corrected chi connectivity index (χ1v) is 14.3. The summed E-state index contributed by atoms with van der Waals surface area (Å²) in [6, 6.07) is 21.9. The van der Waals surface area contributed by atoms with Crippen LogP contribution >= 0.6 is 0 Å². The van der Waals surface area contributed by atoms with Gasteiger partial charge in [0, 0.05) is 12.6 Å². The zero-order valence-electron chi connectivity index (χ0n) is 22.7. The van der Waals surface area contributed by atoms with E-state index in [-0.39, 0.29) is 23.4 Å². The van der Waals surface area contributed by atoms with Crippen molar-refractivity contribution in [2.24, 2.45) is 0 Å². The van der Waals surface area contributed by atoms with Crippen LogP contribution in [0.2, 0.25) is 0 Å². The minimum absolute atomic E-state index is 0.0522. The van der Waals surface area contributed by atoms with Crippen molar-refractivity contribution < 1.29 is 18.0 Å². The second-order valence-electron chi connectivity index (χ2n) is 9.66. The highest BCUT2D eigenvalue weighted by molar-refractivity contribution is 7.92. The zero-order chi connectivity index (χ0) is 27.9. The van der Waals surface area contributed by atoms with E-state index in [1.807, 2.05) is 52.0 Å². The molecule has 0 aliphatic rings. The Hall–Kier alpha value is -3.65. The third-order valence-electron chi connectivity index (χ3n) is 6.54. The molecule has 0 aromatic heterocycles. The van der Waals surface area contributed by atoms with Crippen LogP contribution in [-0.2, 0) is 26.2 Å². The molecule has 0 aliphatic heterocycles. The lowest BCUT2D eigenvalue weighted by molar-refractivity contribution is -0.139. The van der Waals surface area contributed by atoms with Crippen molar-refractivity contribution in [1.82, 2.24) is 10.2 Å². The minimum Gasteiger partial charge on any atom is -0.352 e. The van der Waals surface area contributed by atoms with Gasteiger partial charge in [-0.2, -0.15) is 0 Å². The number of para-hydroxylation sites is 1. The summed E-state index contributed by atoms with van der Waals surface area (Å²) in [7, 11) is -4.06. The van der Waals surface area contributed by atoms with Gasteiger partial charge in [-0.1, -0.05) is 72.6 Å². The topological polar surface area (TPSA) is 86.8 Å². The average molecular weight is 536 g/mol. The molecule has 3 rings (SSSR count). The molecule has 8 heteroatoms. The fraction of sp³-hybridized carbons (Fsp3) is 0.333. The monoisotopic (exact) mass is 535 g/mol. The lowest BCUT2D eigenvalue weighted by Crippen LogP contribution is -2.52. The van der Waals surface area contributed by atoms with Crippen molar-refractivity contribution in [1.29, 1.82) is 0 Å². The van der Waals surface area contributed by atoms with Gasteiger partial charge in [0.2, 0.25) is 11.8 Å². The molecule has 1 N–H and O–H groups in total. The normalized spacial score (nSPS) is 12.9. The number of hydrogen-bond acceptors (Lipinski definition) is 4. The van der Waals surface area contributed by atoms with Crippen molar-refractivity contribution in [2.75, 3.05) is 10.8 Å². The molecule has 0 radical (unpaired) electrons. The van der Waals surface area contributed by atoms with Gasteiger partial charge < -0.3 is 10.2 Å². The van der Waals surface area contributed by atoms with Gasteiger partial charge in [0.25, 0.3) is 10.0 Å². The average Bonchev–Trinajstić information content (AvgIpc) is 2.90. The lowest BCUT2D eigenvalue weighted by Gasteiger charge is -2.32. The predicted molar refractivity (Wildman–Crippen MR) is 151 cm³/mol. The number of amides is 2. The summed E-state index contributed by atoms with van der Waals surface area (Å²) in [5.74, 6) is -0.758. The molecule has 7 nitrogen and oxygen atoms in total. The van der Waals surface area contributed by atoms with E-state index in [0.29, 0.717) is 5.69 Å². The van der Waals surface area contributed by atoms with Gasteiger partial charge in [0.15, 0.2) is 0 Å². The molecule has 0 spiro atoms. The third-order valence-corrected chi connectivity index (χ3v) is 8.32. The maximum absolute atomic E-state index is 13.9. The maximum atomic E-state index is 13.9. The fourth-order valence-corrected chi connectivity index (χ4v) is 5.43. The molecule has 0 bridgehead atoms. The smallest absolute Gasteiger partial charge is 0.264 e. The number of nitrogens with one attached hydrogen (secondary N) is 1. The molecule has 3 aromatic rings. The lowest BCUT2D eigenvalue weighted by atomic mass is 10.1. The number of anilines is 1. The van der Waals surface area contributed by atoms with Crippen LogP contribution in [0.25, 0.3) is 0 Å². The van der Waals surface area contributed by atoms with Crippen LogP contribution in [0, 0.1) is 13.8 Å². The molecule has 38 heavy (non-hydrogen) atoms. The molecule has 0 heterocycles. The SMILES string of the molecule is CC[C@H](C)NC(=O)[C@H](C)N(Cc1cccc(C)c1)C(=O)CN(c1ccccc1)S(=O)(=O)c1ccc(C)cc1. The van der Waals surface area contributed by atoms with Crippen molar-refractivity contribution >= 4 is 27.5 Å². The number of rotatable bonds is 11. The Kier molecular flexibility index (Phi) is 9.69. The number of nitrogens with zero attached hydrogens (tertiary/aromatic N) is 2. The van der Waals surface area contributed by atoms with Crippen LogP contribution in [-0.4, -0.2) is 43.8 Å². The van der Waals surface area contributed by atoms with Gasteiger partial charge in [-0.15, -0.1) is 0 Å². The fourth-order valence-electron chi connectivity index (χ4n) is 4.02. The van der Waals surface area contributed by atoms with Crippen LogP contribution in [0.5, 0.6) is 0 Å². The van der Waals surface area contributed by atoms with Crippen LogP contribution in [0.15, 0.2) is 83.8 Å². The van der Waals surface area contributed by atoms with Crippen LogP contribution in [0.1, 0.15) is 43.9 Å². The summed E-state index contributed by atoms with van der Waals surface area (Å²) in [4.78, 5) is 28.5. The molecule has 0 aliphatic carbocycles. The molecule has 0 saturated carbocycles. The molecule has 2 amide bonds. The van der Waals surface area contributed by atoms with Crippen molar-refractivity contribution in [3.05, 3.63) is 95.6 Å². The standard InChI is InChI=1S/C30H37N3O4S/c1-6-24(4)31-30(35)25(5)32(20-26-12-10-11-23(3)19-26)29(34)21-33(27-13-8-7-9-14-27)38(36,37)28-17-15-22(2)16-18-28/h7-19,24-25H,6,20-21H2,1-5H3,(H,31,35)/t24-,25-/m0/s1. The molecule has 0 saturated heterocycles. The summed E-state index contributed by atoms with van der Waals surface area (Å²) < 4.78 is 28.7. The first-order chi connectivity index (χ1) is 18.0.